The minimum atomic E-state index is -0.354. The second-order valence-corrected chi connectivity index (χ2v) is 8.03. The maximum Gasteiger partial charge on any atom is 0.231 e. The number of fused-ring (bicyclic) bond motifs is 1. The quantitative estimate of drug-likeness (QED) is 0.671. The molecule has 2 atom stereocenters. The summed E-state index contributed by atoms with van der Waals surface area (Å²) in [6, 6.07) is 4.73. The molecule has 0 unspecified atom stereocenters. The van der Waals surface area contributed by atoms with E-state index in [2.05, 4.69) is 23.4 Å². The molecule has 7 nitrogen and oxygen atoms in total. The van der Waals surface area contributed by atoms with Crippen molar-refractivity contribution >= 4 is 0 Å². The molecule has 3 heterocycles. The van der Waals surface area contributed by atoms with Crippen LogP contribution < -0.4 is 14.9 Å². The number of ether oxygens (including phenoxy) is 5. The number of rotatable bonds is 9. The van der Waals surface area contributed by atoms with Gasteiger partial charge in [-0.05, 0) is 43.4 Å². The number of nitrogens with one attached hydrogen (secondary N) is 1. The molecular formula is C22H34N2O5. The van der Waals surface area contributed by atoms with Gasteiger partial charge in [0.1, 0.15) is 0 Å². The van der Waals surface area contributed by atoms with E-state index in [1.54, 1.807) is 7.11 Å². The zero-order chi connectivity index (χ0) is 20.1. The first-order valence-electron chi connectivity index (χ1n) is 11.0. The summed E-state index contributed by atoms with van der Waals surface area (Å²) in [5.41, 5.74) is 6.04. The van der Waals surface area contributed by atoms with Gasteiger partial charge in [0, 0.05) is 31.3 Å². The van der Waals surface area contributed by atoms with Gasteiger partial charge in [0.2, 0.25) is 6.79 Å². The fraction of sp³-hybridized carbons (Fsp3) is 0.727. The van der Waals surface area contributed by atoms with Crippen LogP contribution in [0.5, 0.6) is 11.5 Å². The number of hydrazine groups is 1. The highest BCUT2D eigenvalue weighted by Crippen LogP contribution is 2.42. The van der Waals surface area contributed by atoms with E-state index in [1.165, 1.54) is 12.0 Å². The largest absolute Gasteiger partial charge is 0.454 e. The van der Waals surface area contributed by atoms with Crippen molar-refractivity contribution in [2.75, 3.05) is 40.3 Å². The SMILES string of the molecule is CCCC[C@@H](NN1CCC[C@H]1COC)c1cc2c(cc1C1OCCCO1)OCO2. The lowest BCUT2D eigenvalue weighted by Crippen LogP contribution is -2.45. The summed E-state index contributed by atoms with van der Waals surface area (Å²) >= 11 is 0. The van der Waals surface area contributed by atoms with Crippen molar-refractivity contribution < 1.29 is 23.7 Å². The number of hydrogen-bond donors (Lipinski definition) is 1. The van der Waals surface area contributed by atoms with Crippen molar-refractivity contribution in [1.82, 2.24) is 10.4 Å². The standard InChI is InChI=1S/C22H34N2O5/c1-3-4-8-19(23-24-9-5-7-16(24)14-25-2)17-12-20-21(29-15-28-20)13-18(17)22-26-10-6-11-27-22/h12-13,16,19,22-23H,3-11,14-15H2,1-2H3/t16-,19+/m0/s1. The van der Waals surface area contributed by atoms with Gasteiger partial charge in [0.15, 0.2) is 17.8 Å². The first kappa shape index (κ1) is 20.9. The fourth-order valence-corrected chi connectivity index (χ4v) is 4.42. The highest BCUT2D eigenvalue weighted by atomic mass is 16.7. The molecule has 0 aliphatic carbocycles. The molecule has 162 valence electrons. The van der Waals surface area contributed by atoms with Crippen LogP contribution in [0.25, 0.3) is 0 Å². The number of methoxy groups -OCH3 is 1. The van der Waals surface area contributed by atoms with Crippen LogP contribution in [0.15, 0.2) is 12.1 Å². The number of benzene rings is 1. The van der Waals surface area contributed by atoms with E-state index < -0.39 is 0 Å². The van der Waals surface area contributed by atoms with Gasteiger partial charge in [-0.1, -0.05) is 19.8 Å². The van der Waals surface area contributed by atoms with Crippen molar-refractivity contribution in [2.24, 2.45) is 0 Å². The van der Waals surface area contributed by atoms with E-state index in [9.17, 15) is 0 Å². The summed E-state index contributed by atoms with van der Waals surface area (Å²) in [6.07, 6.45) is 6.24. The van der Waals surface area contributed by atoms with Crippen LogP contribution in [-0.4, -0.2) is 51.3 Å². The van der Waals surface area contributed by atoms with Crippen LogP contribution >= 0.6 is 0 Å². The molecule has 1 aromatic rings. The molecular weight excluding hydrogens is 372 g/mol. The van der Waals surface area contributed by atoms with Crippen molar-refractivity contribution in [3.05, 3.63) is 23.3 Å². The van der Waals surface area contributed by atoms with E-state index in [0.717, 1.165) is 62.3 Å². The normalized spacial score (nSPS) is 23.6. The molecule has 2 fully saturated rings. The third-order valence-electron chi connectivity index (χ3n) is 5.94. The van der Waals surface area contributed by atoms with Crippen LogP contribution in [0, 0.1) is 0 Å². The Balaban J connectivity index is 1.63. The molecule has 29 heavy (non-hydrogen) atoms. The van der Waals surface area contributed by atoms with E-state index >= 15 is 0 Å². The molecule has 0 radical (unpaired) electrons. The van der Waals surface area contributed by atoms with Gasteiger partial charge >= 0.3 is 0 Å². The van der Waals surface area contributed by atoms with Crippen LogP contribution in [0.4, 0.5) is 0 Å². The maximum absolute atomic E-state index is 5.97. The van der Waals surface area contributed by atoms with E-state index in [1.807, 2.05) is 6.07 Å². The third kappa shape index (κ3) is 4.86. The Kier molecular flexibility index (Phi) is 7.26. The van der Waals surface area contributed by atoms with Crippen LogP contribution in [0.2, 0.25) is 0 Å². The number of hydrogen-bond acceptors (Lipinski definition) is 7. The zero-order valence-electron chi connectivity index (χ0n) is 17.7. The van der Waals surface area contributed by atoms with E-state index in [-0.39, 0.29) is 19.1 Å². The Morgan fingerprint density at radius 3 is 2.72 bits per heavy atom. The van der Waals surface area contributed by atoms with Crippen LogP contribution in [0.3, 0.4) is 0 Å². The lowest BCUT2D eigenvalue weighted by molar-refractivity contribution is -0.183. The predicted molar refractivity (Wildman–Crippen MR) is 109 cm³/mol. The predicted octanol–water partition coefficient (Wildman–Crippen LogP) is 3.70. The minimum absolute atomic E-state index is 0.158. The Hall–Kier alpha value is -1.38. The number of nitrogens with zero attached hydrogens (tertiary/aromatic N) is 1. The molecule has 4 rings (SSSR count). The molecule has 3 aliphatic heterocycles. The lowest BCUT2D eigenvalue weighted by Gasteiger charge is -2.33. The highest BCUT2D eigenvalue weighted by molar-refractivity contribution is 5.50. The average Bonchev–Trinajstić information content (AvgIpc) is 3.40. The molecule has 1 N–H and O–H groups in total. The molecule has 1 aromatic carbocycles. The summed E-state index contributed by atoms with van der Waals surface area (Å²) in [7, 11) is 1.78. The first-order chi connectivity index (χ1) is 14.3. The van der Waals surface area contributed by atoms with E-state index in [4.69, 9.17) is 23.7 Å². The molecule has 0 amide bonds. The second-order valence-electron chi connectivity index (χ2n) is 8.03. The fourth-order valence-electron chi connectivity index (χ4n) is 4.42. The molecule has 0 saturated carbocycles. The molecule has 0 bridgehead atoms. The van der Waals surface area contributed by atoms with Gasteiger partial charge in [-0.15, -0.1) is 0 Å². The van der Waals surface area contributed by atoms with Gasteiger partial charge in [0.25, 0.3) is 0 Å². The van der Waals surface area contributed by atoms with Gasteiger partial charge in [-0.25, -0.2) is 10.4 Å². The Bertz CT molecular complexity index is 665. The van der Waals surface area contributed by atoms with Crippen molar-refractivity contribution in [3.63, 3.8) is 0 Å². The number of unbranched alkanes of at least 4 members (excludes halogenated alkanes) is 1. The van der Waals surface area contributed by atoms with Gasteiger partial charge in [0.05, 0.1) is 19.8 Å². The summed E-state index contributed by atoms with van der Waals surface area (Å²) in [5.74, 6) is 1.58. The minimum Gasteiger partial charge on any atom is -0.454 e. The molecule has 3 aliphatic rings. The Labute approximate surface area is 173 Å². The topological polar surface area (TPSA) is 61.4 Å². The second kappa shape index (κ2) is 10.1. The molecule has 0 spiro atoms. The maximum atomic E-state index is 5.97. The van der Waals surface area contributed by atoms with Crippen LogP contribution in [0.1, 0.15) is 68.9 Å². The van der Waals surface area contributed by atoms with Crippen molar-refractivity contribution in [1.29, 1.82) is 0 Å². The Morgan fingerprint density at radius 2 is 1.97 bits per heavy atom. The molecule has 2 saturated heterocycles. The lowest BCUT2D eigenvalue weighted by atomic mass is 9.95. The van der Waals surface area contributed by atoms with Crippen molar-refractivity contribution in [3.8, 4) is 11.5 Å². The van der Waals surface area contributed by atoms with Crippen LogP contribution in [-0.2, 0) is 14.2 Å². The Morgan fingerprint density at radius 1 is 1.17 bits per heavy atom. The summed E-state index contributed by atoms with van der Waals surface area (Å²) < 4.78 is 28.7. The monoisotopic (exact) mass is 406 g/mol. The molecule has 0 aromatic heterocycles. The average molecular weight is 407 g/mol. The summed E-state index contributed by atoms with van der Waals surface area (Å²) in [6.45, 7) is 5.71. The van der Waals surface area contributed by atoms with Gasteiger partial charge in [-0.2, -0.15) is 0 Å². The molecule has 7 heteroatoms. The van der Waals surface area contributed by atoms with Gasteiger partial charge < -0.3 is 23.7 Å². The summed E-state index contributed by atoms with van der Waals surface area (Å²) in [5, 5.41) is 2.36. The van der Waals surface area contributed by atoms with E-state index in [0.29, 0.717) is 19.3 Å². The first-order valence-corrected chi connectivity index (χ1v) is 11.0. The third-order valence-corrected chi connectivity index (χ3v) is 5.94. The van der Waals surface area contributed by atoms with Crippen molar-refractivity contribution in [2.45, 2.75) is 63.8 Å². The highest BCUT2D eigenvalue weighted by Gasteiger charge is 2.31. The zero-order valence-corrected chi connectivity index (χ0v) is 17.7. The summed E-state index contributed by atoms with van der Waals surface area (Å²) in [4.78, 5) is 0. The van der Waals surface area contributed by atoms with Gasteiger partial charge in [-0.3, -0.25) is 0 Å². The smallest absolute Gasteiger partial charge is 0.231 e.